The molecule has 0 spiro atoms. The van der Waals surface area contributed by atoms with Crippen LogP contribution in [-0.4, -0.2) is 48.2 Å². The molecule has 15 heavy (non-hydrogen) atoms. The molecule has 6 heteroatoms. The zero-order valence-electron chi connectivity index (χ0n) is 9.11. The van der Waals surface area contributed by atoms with Crippen molar-refractivity contribution in [2.24, 2.45) is 5.41 Å². The number of ether oxygens (including phenoxy) is 1. The van der Waals surface area contributed by atoms with Crippen LogP contribution in [0.5, 0.6) is 0 Å². The summed E-state index contributed by atoms with van der Waals surface area (Å²) in [6.07, 6.45) is 0.586. The van der Waals surface area contributed by atoms with E-state index in [1.165, 1.54) is 7.11 Å². The highest BCUT2D eigenvalue weighted by Gasteiger charge is 2.37. The zero-order valence-corrected chi connectivity index (χ0v) is 9.11. The van der Waals surface area contributed by atoms with Gasteiger partial charge >= 0.3 is 5.97 Å². The van der Waals surface area contributed by atoms with Crippen LogP contribution < -0.4 is 6.15 Å². The maximum atomic E-state index is 11.4. The van der Waals surface area contributed by atoms with Gasteiger partial charge in [-0.05, 0) is 19.3 Å². The molecule has 0 aliphatic carbocycles. The van der Waals surface area contributed by atoms with Gasteiger partial charge in [0.05, 0.1) is 12.5 Å². The largest absolute Gasteiger partial charge is 0.469 e. The highest BCUT2D eigenvalue weighted by Crippen LogP contribution is 2.31. The molecule has 0 aliphatic rings. The van der Waals surface area contributed by atoms with Gasteiger partial charge in [-0.25, -0.2) is 0 Å². The summed E-state index contributed by atoms with van der Waals surface area (Å²) < 4.78 is 4.60. The Morgan fingerprint density at radius 1 is 1.07 bits per heavy atom. The smallest absolute Gasteiger partial charge is 0.312 e. The summed E-state index contributed by atoms with van der Waals surface area (Å²) in [6, 6.07) is 0. The van der Waals surface area contributed by atoms with Crippen LogP contribution >= 0.6 is 0 Å². The van der Waals surface area contributed by atoms with E-state index in [0.29, 0.717) is 0 Å². The molecule has 0 saturated heterocycles. The number of aliphatic hydroxyl groups excluding tert-OH is 3. The SMILES string of the molecule is COC(=O)C(CCO)(CCO)CCO.N. The molecule has 0 aromatic heterocycles. The predicted octanol–water partition coefficient (Wildman–Crippen LogP) is -0.545. The van der Waals surface area contributed by atoms with Gasteiger partial charge in [0.15, 0.2) is 0 Å². The average Bonchev–Trinajstić information content (AvgIpc) is 2.17. The second-order valence-corrected chi connectivity index (χ2v) is 3.19. The van der Waals surface area contributed by atoms with Gasteiger partial charge in [0.25, 0.3) is 0 Å². The Hall–Kier alpha value is -0.690. The first-order valence-corrected chi connectivity index (χ1v) is 4.58. The molecular formula is C9H21NO5. The molecule has 0 amide bonds. The van der Waals surface area contributed by atoms with E-state index in [-0.39, 0.29) is 45.2 Å². The van der Waals surface area contributed by atoms with Gasteiger partial charge in [0.1, 0.15) is 0 Å². The van der Waals surface area contributed by atoms with E-state index in [2.05, 4.69) is 4.74 Å². The number of carbonyl (C=O) groups is 1. The van der Waals surface area contributed by atoms with Gasteiger partial charge in [-0.1, -0.05) is 0 Å². The summed E-state index contributed by atoms with van der Waals surface area (Å²) in [6.45, 7) is -0.515. The van der Waals surface area contributed by atoms with Gasteiger partial charge in [0, 0.05) is 19.8 Å². The molecular weight excluding hydrogens is 202 g/mol. The van der Waals surface area contributed by atoms with Crippen molar-refractivity contribution in [1.82, 2.24) is 6.15 Å². The van der Waals surface area contributed by atoms with Crippen molar-refractivity contribution in [2.45, 2.75) is 19.3 Å². The molecule has 0 saturated carbocycles. The monoisotopic (exact) mass is 223 g/mol. The Labute approximate surface area is 89.5 Å². The Morgan fingerprint density at radius 2 is 1.40 bits per heavy atom. The molecule has 0 fully saturated rings. The van der Waals surface area contributed by atoms with Crippen LogP contribution in [-0.2, 0) is 9.53 Å². The van der Waals surface area contributed by atoms with Crippen molar-refractivity contribution in [1.29, 1.82) is 0 Å². The molecule has 0 bridgehead atoms. The van der Waals surface area contributed by atoms with Crippen LogP contribution in [0.15, 0.2) is 0 Å². The van der Waals surface area contributed by atoms with E-state index in [4.69, 9.17) is 15.3 Å². The molecule has 0 rings (SSSR count). The number of aliphatic hydroxyl groups is 3. The third-order valence-electron chi connectivity index (χ3n) is 2.39. The van der Waals surface area contributed by atoms with Crippen molar-refractivity contribution < 1.29 is 24.9 Å². The van der Waals surface area contributed by atoms with Crippen molar-refractivity contribution in [3.05, 3.63) is 0 Å². The lowest BCUT2D eigenvalue weighted by Gasteiger charge is -2.28. The molecule has 0 aliphatic heterocycles. The van der Waals surface area contributed by atoms with Crippen LogP contribution in [0, 0.1) is 5.41 Å². The van der Waals surface area contributed by atoms with E-state index in [1.54, 1.807) is 0 Å². The third kappa shape index (κ3) is 4.57. The highest BCUT2D eigenvalue weighted by molar-refractivity contribution is 5.76. The molecule has 6 N–H and O–H groups in total. The molecule has 92 valence electrons. The van der Waals surface area contributed by atoms with Crippen molar-refractivity contribution in [3.63, 3.8) is 0 Å². The first kappa shape index (κ1) is 16.7. The van der Waals surface area contributed by atoms with Crippen molar-refractivity contribution in [3.8, 4) is 0 Å². The minimum atomic E-state index is -0.951. The van der Waals surface area contributed by atoms with E-state index >= 15 is 0 Å². The second-order valence-electron chi connectivity index (χ2n) is 3.19. The fraction of sp³-hybridized carbons (Fsp3) is 0.889. The summed E-state index contributed by atoms with van der Waals surface area (Å²) in [5.41, 5.74) is -0.951. The number of hydrogen-bond acceptors (Lipinski definition) is 6. The Morgan fingerprint density at radius 3 is 1.60 bits per heavy atom. The Kier molecular flexibility index (Phi) is 9.60. The van der Waals surface area contributed by atoms with E-state index in [1.807, 2.05) is 0 Å². The molecule has 0 aromatic carbocycles. The lowest BCUT2D eigenvalue weighted by Crippen LogP contribution is -2.35. The third-order valence-corrected chi connectivity index (χ3v) is 2.39. The van der Waals surface area contributed by atoms with Gasteiger partial charge in [-0.15, -0.1) is 0 Å². The van der Waals surface area contributed by atoms with Gasteiger partial charge in [-0.3, -0.25) is 4.79 Å². The van der Waals surface area contributed by atoms with Crippen LogP contribution in [0.1, 0.15) is 19.3 Å². The molecule has 0 aromatic rings. The number of rotatable bonds is 7. The van der Waals surface area contributed by atoms with E-state index in [9.17, 15) is 4.79 Å². The van der Waals surface area contributed by atoms with Gasteiger partial charge in [0.2, 0.25) is 0 Å². The summed E-state index contributed by atoms with van der Waals surface area (Å²) in [7, 11) is 1.25. The van der Waals surface area contributed by atoms with Crippen LogP contribution in [0.25, 0.3) is 0 Å². The summed E-state index contributed by atoms with van der Waals surface area (Å²) in [4.78, 5) is 11.4. The molecule has 0 heterocycles. The molecule has 0 atom stereocenters. The van der Waals surface area contributed by atoms with E-state index in [0.717, 1.165) is 0 Å². The summed E-state index contributed by atoms with van der Waals surface area (Å²) in [5, 5.41) is 26.5. The summed E-state index contributed by atoms with van der Waals surface area (Å²) >= 11 is 0. The minimum Gasteiger partial charge on any atom is -0.469 e. The number of hydrogen-bond donors (Lipinski definition) is 4. The number of carbonyl (C=O) groups excluding carboxylic acids is 1. The minimum absolute atomic E-state index is 0. The van der Waals surface area contributed by atoms with Crippen molar-refractivity contribution in [2.75, 3.05) is 26.9 Å². The maximum absolute atomic E-state index is 11.4. The quantitative estimate of drug-likeness (QED) is 0.430. The molecule has 0 unspecified atom stereocenters. The first-order chi connectivity index (χ1) is 6.66. The van der Waals surface area contributed by atoms with Crippen LogP contribution in [0.3, 0.4) is 0 Å². The lowest BCUT2D eigenvalue weighted by molar-refractivity contribution is -0.156. The van der Waals surface area contributed by atoms with Crippen LogP contribution in [0.4, 0.5) is 0 Å². The standard InChI is InChI=1S/C9H18O5.H3N/c1-14-8(13)9(2-5-10,3-6-11)4-7-12;/h10-12H,2-7H2,1H3;1H3. The fourth-order valence-electron chi connectivity index (χ4n) is 1.54. The number of esters is 1. The Bertz CT molecular complexity index is 157. The number of methoxy groups -OCH3 is 1. The predicted molar refractivity (Wildman–Crippen MR) is 54.6 cm³/mol. The van der Waals surface area contributed by atoms with Gasteiger partial charge in [-0.2, -0.15) is 0 Å². The van der Waals surface area contributed by atoms with Crippen LogP contribution in [0.2, 0.25) is 0 Å². The fourth-order valence-corrected chi connectivity index (χ4v) is 1.54. The first-order valence-electron chi connectivity index (χ1n) is 4.58. The summed E-state index contributed by atoms with van der Waals surface area (Å²) in [5.74, 6) is -0.491. The Balaban J connectivity index is 0. The molecule has 6 nitrogen and oxygen atoms in total. The zero-order chi connectivity index (χ0) is 11.0. The topological polar surface area (TPSA) is 122 Å². The van der Waals surface area contributed by atoms with E-state index < -0.39 is 11.4 Å². The van der Waals surface area contributed by atoms with Gasteiger partial charge < -0.3 is 26.2 Å². The maximum Gasteiger partial charge on any atom is 0.312 e. The normalized spacial score (nSPS) is 10.7. The second kappa shape index (κ2) is 8.60. The highest BCUT2D eigenvalue weighted by atomic mass is 16.5. The van der Waals surface area contributed by atoms with Crippen molar-refractivity contribution >= 4 is 5.97 Å². The molecule has 0 radical (unpaired) electrons. The average molecular weight is 223 g/mol. The lowest BCUT2D eigenvalue weighted by atomic mass is 9.78.